The summed E-state index contributed by atoms with van der Waals surface area (Å²) in [5.74, 6) is 1.73. The van der Waals surface area contributed by atoms with Crippen LogP contribution in [0.2, 0.25) is 0 Å². The van der Waals surface area contributed by atoms with Gasteiger partial charge in [-0.1, -0.05) is 6.42 Å². The van der Waals surface area contributed by atoms with Crippen molar-refractivity contribution in [2.75, 3.05) is 6.54 Å². The summed E-state index contributed by atoms with van der Waals surface area (Å²) in [5.41, 5.74) is 0.247. The zero-order valence-electron chi connectivity index (χ0n) is 11.6. The molecule has 0 saturated heterocycles. The fraction of sp³-hybridized carbons (Fsp3) is 0.733. The maximum Gasteiger partial charge on any atom is 0.0314 e. The molecule has 0 bridgehead atoms. The van der Waals surface area contributed by atoms with E-state index in [0.717, 1.165) is 11.8 Å². The minimum Gasteiger partial charge on any atom is -0.312 e. The summed E-state index contributed by atoms with van der Waals surface area (Å²) in [6, 6.07) is 2.18. The monoisotopic (exact) mass is 329 g/mol. The molecule has 18 heavy (non-hydrogen) atoms. The molecule has 1 N–H and O–H groups in total. The van der Waals surface area contributed by atoms with Crippen LogP contribution in [0.4, 0.5) is 0 Å². The fourth-order valence-corrected chi connectivity index (χ4v) is 4.41. The summed E-state index contributed by atoms with van der Waals surface area (Å²) in [7, 11) is 0. The zero-order chi connectivity index (χ0) is 13.2. The predicted molar refractivity (Wildman–Crippen MR) is 84.3 cm³/mol. The van der Waals surface area contributed by atoms with E-state index in [-0.39, 0.29) is 5.54 Å². The van der Waals surface area contributed by atoms with Crippen LogP contribution in [0.5, 0.6) is 0 Å². The highest BCUT2D eigenvalue weighted by molar-refractivity contribution is 9.10. The van der Waals surface area contributed by atoms with E-state index in [1.165, 1.54) is 41.6 Å². The Bertz CT molecular complexity index is 380. The van der Waals surface area contributed by atoms with E-state index in [1.54, 1.807) is 0 Å². The lowest BCUT2D eigenvalue weighted by molar-refractivity contribution is 0.318. The highest BCUT2D eigenvalue weighted by Gasteiger charge is 2.28. The van der Waals surface area contributed by atoms with Crippen molar-refractivity contribution in [3.05, 3.63) is 20.8 Å². The Morgan fingerprint density at radius 2 is 2.06 bits per heavy atom. The zero-order valence-corrected chi connectivity index (χ0v) is 14.0. The number of nitrogens with one attached hydrogen (secondary N) is 1. The minimum atomic E-state index is 0.247. The van der Waals surface area contributed by atoms with Crippen LogP contribution < -0.4 is 5.32 Å². The fourth-order valence-electron chi connectivity index (χ4n) is 2.80. The summed E-state index contributed by atoms with van der Waals surface area (Å²) < 4.78 is 1.31. The lowest BCUT2D eigenvalue weighted by Gasteiger charge is -2.26. The Kier molecular flexibility index (Phi) is 4.90. The summed E-state index contributed by atoms with van der Waals surface area (Å²) in [6.07, 6.45) is 5.47. The Balaban J connectivity index is 1.90. The van der Waals surface area contributed by atoms with Crippen LogP contribution in [0.15, 0.2) is 15.9 Å². The number of halogens is 1. The van der Waals surface area contributed by atoms with Gasteiger partial charge in [-0.15, -0.1) is 11.3 Å². The Labute approximate surface area is 123 Å². The van der Waals surface area contributed by atoms with Gasteiger partial charge in [-0.05, 0) is 85.8 Å². The maximum atomic E-state index is 3.68. The summed E-state index contributed by atoms with van der Waals surface area (Å²) in [5, 5.41) is 5.87. The highest BCUT2D eigenvalue weighted by atomic mass is 79.9. The van der Waals surface area contributed by atoms with E-state index >= 15 is 0 Å². The molecule has 1 aliphatic rings. The number of rotatable bonds is 4. The third-order valence-electron chi connectivity index (χ3n) is 3.85. The number of hydrogen-bond donors (Lipinski definition) is 1. The first kappa shape index (κ1) is 14.5. The van der Waals surface area contributed by atoms with Gasteiger partial charge in [0.25, 0.3) is 0 Å². The molecule has 0 aromatic carbocycles. The summed E-state index contributed by atoms with van der Waals surface area (Å²) in [4.78, 5) is 1.53. The SMILES string of the molecule is CC(C)(C)NCC1CCCC1Cc1sccc1Br. The summed E-state index contributed by atoms with van der Waals surface area (Å²) in [6.45, 7) is 7.95. The predicted octanol–water partition coefficient (Wildman–Crippen LogP) is 4.86. The van der Waals surface area contributed by atoms with Crippen LogP contribution in [0.1, 0.15) is 44.9 Å². The molecule has 2 atom stereocenters. The normalized spacial score (nSPS) is 24.7. The van der Waals surface area contributed by atoms with E-state index in [1.807, 2.05) is 11.3 Å². The second-order valence-corrected chi connectivity index (χ2v) is 8.33. The molecule has 0 spiro atoms. The van der Waals surface area contributed by atoms with Crippen LogP contribution in [0.3, 0.4) is 0 Å². The Morgan fingerprint density at radius 1 is 1.33 bits per heavy atom. The quantitative estimate of drug-likeness (QED) is 0.831. The molecule has 1 heterocycles. The molecule has 1 nitrogen and oxygen atoms in total. The van der Waals surface area contributed by atoms with E-state index in [4.69, 9.17) is 0 Å². The van der Waals surface area contributed by atoms with E-state index in [2.05, 4.69) is 53.5 Å². The van der Waals surface area contributed by atoms with Crippen molar-refractivity contribution in [1.29, 1.82) is 0 Å². The first-order valence-electron chi connectivity index (χ1n) is 6.92. The molecule has 102 valence electrons. The maximum absolute atomic E-state index is 3.68. The third-order valence-corrected chi connectivity index (χ3v) is 5.80. The van der Waals surface area contributed by atoms with Gasteiger partial charge in [0.1, 0.15) is 0 Å². The molecule has 3 heteroatoms. The summed E-state index contributed by atoms with van der Waals surface area (Å²) >= 11 is 5.55. The van der Waals surface area contributed by atoms with Crippen LogP contribution in [-0.4, -0.2) is 12.1 Å². The van der Waals surface area contributed by atoms with Crippen molar-refractivity contribution in [2.24, 2.45) is 11.8 Å². The molecule has 1 aliphatic carbocycles. The van der Waals surface area contributed by atoms with Gasteiger partial charge in [-0.2, -0.15) is 0 Å². The first-order valence-corrected chi connectivity index (χ1v) is 8.60. The standard InChI is InChI=1S/C15H24BrNS/c1-15(2,3)17-10-12-6-4-5-11(12)9-14-13(16)7-8-18-14/h7-8,11-12,17H,4-6,9-10H2,1-3H3. The van der Waals surface area contributed by atoms with Crippen LogP contribution >= 0.6 is 27.3 Å². The van der Waals surface area contributed by atoms with Crippen LogP contribution in [0.25, 0.3) is 0 Å². The molecule has 2 unspecified atom stereocenters. The van der Waals surface area contributed by atoms with Crippen molar-refractivity contribution < 1.29 is 0 Å². The van der Waals surface area contributed by atoms with Crippen LogP contribution in [-0.2, 0) is 6.42 Å². The smallest absolute Gasteiger partial charge is 0.0314 e. The number of hydrogen-bond acceptors (Lipinski definition) is 2. The lowest BCUT2D eigenvalue weighted by Crippen LogP contribution is -2.40. The van der Waals surface area contributed by atoms with Crippen molar-refractivity contribution in [3.8, 4) is 0 Å². The largest absolute Gasteiger partial charge is 0.312 e. The average Bonchev–Trinajstić information content (AvgIpc) is 2.86. The van der Waals surface area contributed by atoms with Crippen molar-refractivity contribution in [3.63, 3.8) is 0 Å². The Morgan fingerprint density at radius 3 is 2.67 bits per heavy atom. The van der Waals surface area contributed by atoms with E-state index in [9.17, 15) is 0 Å². The molecule has 0 radical (unpaired) electrons. The van der Waals surface area contributed by atoms with Crippen molar-refractivity contribution >= 4 is 27.3 Å². The second-order valence-electron chi connectivity index (χ2n) is 6.48. The van der Waals surface area contributed by atoms with Crippen molar-refractivity contribution in [2.45, 2.75) is 52.0 Å². The van der Waals surface area contributed by atoms with Gasteiger partial charge >= 0.3 is 0 Å². The van der Waals surface area contributed by atoms with Gasteiger partial charge < -0.3 is 5.32 Å². The average molecular weight is 330 g/mol. The molecular weight excluding hydrogens is 306 g/mol. The van der Waals surface area contributed by atoms with E-state index < -0.39 is 0 Å². The van der Waals surface area contributed by atoms with Crippen LogP contribution in [0, 0.1) is 11.8 Å². The minimum absolute atomic E-state index is 0.247. The molecular formula is C15H24BrNS. The molecule has 1 saturated carbocycles. The van der Waals surface area contributed by atoms with Gasteiger partial charge in [0.15, 0.2) is 0 Å². The van der Waals surface area contributed by atoms with E-state index in [0.29, 0.717) is 0 Å². The lowest BCUT2D eigenvalue weighted by atomic mass is 9.91. The topological polar surface area (TPSA) is 12.0 Å². The van der Waals surface area contributed by atoms with Gasteiger partial charge in [0.05, 0.1) is 0 Å². The van der Waals surface area contributed by atoms with Gasteiger partial charge in [-0.25, -0.2) is 0 Å². The molecule has 0 aliphatic heterocycles. The highest BCUT2D eigenvalue weighted by Crippen LogP contribution is 2.37. The van der Waals surface area contributed by atoms with Gasteiger partial charge in [0.2, 0.25) is 0 Å². The molecule has 1 fully saturated rings. The third kappa shape index (κ3) is 4.07. The Hall–Kier alpha value is 0.140. The van der Waals surface area contributed by atoms with Gasteiger partial charge in [-0.3, -0.25) is 0 Å². The molecule has 0 amide bonds. The van der Waals surface area contributed by atoms with Crippen molar-refractivity contribution in [1.82, 2.24) is 5.32 Å². The molecule has 1 aromatic rings. The number of thiophene rings is 1. The van der Waals surface area contributed by atoms with Gasteiger partial charge in [0, 0.05) is 14.9 Å². The molecule has 2 rings (SSSR count). The molecule has 1 aromatic heterocycles. The first-order chi connectivity index (χ1) is 8.46. The second kappa shape index (κ2) is 6.06.